The lowest BCUT2D eigenvalue weighted by atomic mass is 10.2. The third kappa shape index (κ3) is 3.99. The Morgan fingerprint density at radius 1 is 1.50 bits per heavy atom. The van der Waals surface area contributed by atoms with Crippen LogP contribution in [0.2, 0.25) is 0 Å². The maximum Gasteiger partial charge on any atom is 0.320 e. The second-order valence-electron chi connectivity index (χ2n) is 4.42. The Kier molecular flexibility index (Phi) is 4.62. The van der Waals surface area contributed by atoms with Crippen molar-refractivity contribution < 1.29 is 9.18 Å². The predicted molar refractivity (Wildman–Crippen MR) is 76.5 cm³/mol. The van der Waals surface area contributed by atoms with E-state index in [2.05, 4.69) is 20.6 Å². The zero-order valence-electron chi connectivity index (χ0n) is 11.2. The summed E-state index contributed by atoms with van der Waals surface area (Å²) in [6.07, 6.45) is 1.05. The molecule has 0 saturated carbocycles. The molecule has 0 spiro atoms. The number of thiazole rings is 1. The number of rotatable bonds is 4. The second-order valence-corrected chi connectivity index (χ2v) is 5.31. The zero-order chi connectivity index (χ0) is 14.5. The quantitative estimate of drug-likeness (QED) is 0.911. The van der Waals surface area contributed by atoms with Gasteiger partial charge in [-0.2, -0.15) is 0 Å². The summed E-state index contributed by atoms with van der Waals surface area (Å²) in [7, 11) is 0. The molecule has 2 aromatic rings. The van der Waals surface area contributed by atoms with Crippen LogP contribution in [0.4, 0.5) is 15.0 Å². The fourth-order valence-corrected chi connectivity index (χ4v) is 2.40. The van der Waals surface area contributed by atoms with E-state index in [1.807, 2.05) is 19.2 Å². The summed E-state index contributed by atoms with van der Waals surface area (Å²) in [5, 5.41) is 8.24. The van der Waals surface area contributed by atoms with E-state index in [1.165, 1.54) is 12.1 Å². The van der Waals surface area contributed by atoms with Crippen molar-refractivity contribution in [3.8, 4) is 0 Å². The normalized spacial score (nSPS) is 11.9. The van der Waals surface area contributed by atoms with Gasteiger partial charge in [0.2, 0.25) is 0 Å². The van der Waals surface area contributed by atoms with Crippen LogP contribution in [-0.4, -0.2) is 22.5 Å². The van der Waals surface area contributed by atoms with Gasteiger partial charge in [-0.3, -0.25) is 5.32 Å². The second kappa shape index (κ2) is 6.42. The van der Waals surface area contributed by atoms with Gasteiger partial charge < -0.3 is 5.32 Å². The number of nitrogens with one attached hydrogen (secondary N) is 2. The Morgan fingerprint density at radius 2 is 2.30 bits per heavy atom. The Labute approximate surface area is 120 Å². The number of halogens is 1. The van der Waals surface area contributed by atoms with E-state index in [1.54, 1.807) is 11.3 Å². The molecule has 2 aromatic heterocycles. The fraction of sp³-hybridized carbons (Fsp3) is 0.308. The molecule has 0 aliphatic rings. The van der Waals surface area contributed by atoms with Gasteiger partial charge in [-0.05, 0) is 19.1 Å². The van der Waals surface area contributed by atoms with Crippen molar-refractivity contribution in [2.45, 2.75) is 19.8 Å². The number of carbonyl (C=O) groups excluding carboxylic acids is 1. The van der Waals surface area contributed by atoms with E-state index in [9.17, 15) is 9.18 Å². The molecule has 0 saturated heterocycles. The van der Waals surface area contributed by atoms with Gasteiger partial charge in [0.05, 0.1) is 11.2 Å². The number of aryl methyl sites for hydroxylation is 1. The van der Waals surface area contributed by atoms with Crippen molar-refractivity contribution >= 4 is 23.2 Å². The molecule has 2 amide bonds. The van der Waals surface area contributed by atoms with Gasteiger partial charge in [0.25, 0.3) is 0 Å². The molecular weight excluding hydrogens is 279 g/mol. The van der Waals surface area contributed by atoms with Crippen LogP contribution in [0.3, 0.4) is 0 Å². The van der Waals surface area contributed by atoms with Gasteiger partial charge in [0, 0.05) is 23.5 Å². The minimum absolute atomic E-state index is 0.139. The first-order valence-corrected chi connectivity index (χ1v) is 7.01. The lowest BCUT2D eigenvalue weighted by Gasteiger charge is -2.10. The molecule has 7 heteroatoms. The monoisotopic (exact) mass is 294 g/mol. The van der Waals surface area contributed by atoms with E-state index < -0.39 is 5.82 Å². The minimum Gasteiger partial charge on any atom is -0.337 e. The number of pyridine rings is 1. The van der Waals surface area contributed by atoms with Gasteiger partial charge in [-0.1, -0.05) is 6.92 Å². The molecule has 2 rings (SSSR count). The van der Waals surface area contributed by atoms with Crippen molar-refractivity contribution in [3.05, 3.63) is 40.2 Å². The number of carbonyl (C=O) groups is 1. The van der Waals surface area contributed by atoms with E-state index in [-0.39, 0.29) is 11.9 Å². The highest BCUT2D eigenvalue weighted by molar-refractivity contribution is 7.09. The molecule has 0 fully saturated rings. The van der Waals surface area contributed by atoms with Crippen molar-refractivity contribution in [1.29, 1.82) is 0 Å². The highest BCUT2D eigenvalue weighted by atomic mass is 32.1. The van der Waals surface area contributed by atoms with Gasteiger partial charge in [0.1, 0.15) is 11.6 Å². The van der Waals surface area contributed by atoms with Crippen LogP contribution in [0.15, 0.2) is 23.7 Å². The molecule has 0 radical (unpaired) electrons. The van der Waals surface area contributed by atoms with Crippen LogP contribution in [0.25, 0.3) is 0 Å². The number of nitrogens with zero attached hydrogens (tertiary/aromatic N) is 2. The van der Waals surface area contributed by atoms with E-state index in [4.69, 9.17) is 0 Å². The van der Waals surface area contributed by atoms with Crippen LogP contribution in [0.5, 0.6) is 0 Å². The molecule has 0 aliphatic carbocycles. The number of aromatic nitrogens is 2. The Balaban J connectivity index is 1.81. The van der Waals surface area contributed by atoms with E-state index >= 15 is 0 Å². The predicted octanol–water partition coefficient (Wildman–Crippen LogP) is 2.91. The van der Waals surface area contributed by atoms with Crippen molar-refractivity contribution in [2.75, 3.05) is 11.9 Å². The molecule has 2 heterocycles. The van der Waals surface area contributed by atoms with E-state index in [0.29, 0.717) is 12.4 Å². The Morgan fingerprint density at radius 3 is 2.90 bits per heavy atom. The molecule has 0 bridgehead atoms. The molecule has 0 unspecified atom stereocenters. The third-order valence-corrected chi connectivity index (χ3v) is 3.79. The Bertz CT molecular complexity index is 584. The van der Waals surface area contributed by atoms with Crippen molar-refractivity contribution in [2.24, 2.45) is 0 Å². The summed E-state index contributed by atoms with van der Waals surface area (Å²) in [5.41, 5.74) is 0.983. The number of anilines is 1. The summed E-state index contributed by atoms with van der Waals surface area (Å²) in [5.74, 6) is 0.00555. The SMILES string of the molecule is Cc1csc([C@H](C)CNC(=O)Nc2ccc(F)cn2)n1. The summed E-state index contributed by atoms with van der Waals surface area (Å²) >= 11 is 1.58. The molecule has 1 atom stereocenters. The average Bonchev–Trinajstić information content (AvgIpc) is 2.85. The van der Waals surface area contributed by atoms with Crippen molar-refractivity contribution in [1.82, 2.24) is 15.3 Å². The van der Waals surface area contributed by atoms with Crippen LogP contribution in [-0.2, 0) is 0 Å². The summed E-state index contributed by atoms with van der Waals surface area (Å²) in [6.45, 7) is 4.40. The molecule has 5 nitrogen and oxygen atoms in total. The lowest BCUT2D eigenvalue weighted by Crippen LogP contribution is -2.32. The maximum absolute atomic E-state index is 12.7. The van der Waals surface area contributed by atoms with Gasteiger partial charge in [0.15, 0.2) is 0 Å². The first kappa shape index (κ1) is 14.4. The first-order valence-electron chi connectivity index (χ1n) is 6.13. The van der Waals surface area contributed by atoms with E-state index in [0.717, 1.165) is 16.9 Å². The lowest BCUT2D eigenvalue weighted by molar-refractivity contribution is 0.251. The number of amides is 2. The van der Waals surface area contributed by atoms with Crippen LogP contribution in [0, 0.1) is 12.7 Å². The largest absolute Gasteiger partial charge is 0.337 e. The Hall–Kier alpha value is -2.02. The first-order chi connectivity index (χ1) is 9.54. The molecule has 106 valence electrons. The zero-order valence-corrected chi connectivity index (χ0v) is 12.0. The smallest absolute Gasteiger partial charge is 0.320 e. The number of hydrogen-bond donors (Lipinski definition) is 2. The summed E-state index contributed by atoms with van der Waals surface area (Å²) < 4.78 is 12.7. The highest BCUT2D eigenvalue weighted by Gasteiger charge is 2.11. The van der Waals surface area contributed by atoms with Crippen LogP contribution in [0.1, 0.15) is 23.5 Å². The molecule has 20 heavy (non-hydrogen) atoms. The summed E-state index contributed by atoms with van der Waals surface area (Å²) in [4.78, 5) is 19.8. The molecule has 0 aromatic carbocycles. The number of urea groups is 1. The standard InChI is InChI=1S/C13H15FN4OS/c1-8(12-17-9(2)7-20-12)5-16-13(19)18-11-4-3-10(14)6-15-11/h3-4,6-8H,5H2,1-2H3,(H2,15,16,18,19)/t8-/m1/s1. The minimum atomic E-state index is -0.441. The van der Waals surface area contributed by atoms with Gasteiger partial charge in [-0.25, -0.2) is 19.2 Å². The van der Waals surface area contributed by atoms with Crippen molar-refractivity contribution in [3.63, 3.8) is 0 Å². The average molecular weight is 294 g/mol. The molecular formula is C13H15FN4OS. The fourth-order valence-electron chi connectivity index (χ4n) is 1.54. The third-order valence-electron chi connectivity index (χ3n) is 2.60. The summed E-state index contributed by atoms with van der Waals surface area (Å²) in [6, 6.07) is 2.27. The van der Waals surface area contributed by atoms with Crippen LogP contribution < -0.4 is 10.6 Å². The topological polar surface area (TPSA) is 66.9 Å². The van der Waals surface area contributed by atoms with Gasteiger partial charge >= 0.3 is 6.03 Å². The van der Waals surface area contributed by atoms with Gasteiger partial charge in [-0.15, -0.1) is 11.3 Å². The maximum atomic E-state index is 12.7. The molecule has 0 aliphatic heterocycles. The number of hydrogen-bond acceptors (Lipinski definition) is 4. The highest BCUT2D eigenvalue weighted by Crippen LogP contribution is 2.18. The van der Waals surface area contributed by atoms with Crippen LogP contribution >= 0.6 is 11.3 Å². The molecule has 2 N–H and O–H groups in total.